The number of para-hydroxylation sites is 1. The third-order valence-electron chi connectivity index (χ3n) is 4.78. The Bertz CT molecular complexity index is 785. The fourth-order valence-corrected chi connectivity index (χ4v) is 4.37. The van der Waals surface area contributed by atoms with Crippen LogP contribution in [-0.4, -0.2) is 66.6 Å². The molecule has 2 aromatic rings. The van der Waals surface area contributed by atoms with Crippen molar-refractivity contribution in [1.82, 2.24) is 9.80 Å². The molecular formula is C19H21N3O3S. The van der Waals surface area contributed by atoms with Gasteiger partial charge in [0.05, 0.1) is 18.5 Å². The Morgan fingerprint density at radius 3 is 2.58 bits per heavy atom. The molecular weight excluding hydrogens is 350 g/mol. The molecule has 7 heteroatoms. The van der Waals surface area contributed by atoms with Gasteiger partial charge in [0.15, 0.2) is 5.76 Å². The van der Waals surface area contributed by atoms with Gasteiger partial charge in [-0.3, -0.25) is 14.5 Å². The summed E-state index contributed by atoms with van der Waals surface area (Å²) in [5, 5.41) is 0. The molecule has 0 radical (unpaired) electrons. The van der Waals surface area contributed by atoms with E-state index in [1.807, 2.05) is 23.1 Å². The molecule has 1 fully saturated rings. The molecule has 0 saturated carbocycles. The van der Waals surface area contributed by atoms with Crippen LogP contribution in [0.1, 0.15) is 10.6 Å². The largest absolute Gasteiger partial charge is 0.459 e. The Labute approximate surface area is 156 Å². The van der Waals surface area contributed by atoms with Crippen molar-refractivity contribution >= 4 is 29.3 Å². The maximum Gasteiger partial charge on any atom is 0.289 e. The maximum absolute atomic E-state index is 12.8. The Morgan fingerprint density at radius 1 is 1.00 bits per heavy atom. The van der Waals surface area contributed by atoms with Gasteiger partial charge in [-0.25, -0.2) is 0 Å². The van der Waals surface area contributed by atoms with Crippen molar-refractivity contribution in [3.63, 3.8) is 0 Å². The van der Waals surface area contributed by atoms with Crippen LogP contribution in [0.4, 0.5) is 5.69 Å². The van der Waals surface area contributed by atoms with E-state index in [0.717, 1.165) is 18.0 Å². The van der Waals surface area contributed by atoms with Gasteiger partial charge in [0, 0.05) is 43.4 Å². The summed E-state index contributed by atoms with van der Waals surface area (Å²) in [6.45, 7) is 3.75. The molecule has 0 N–H and O–H groups in total. The van der Waals surface area contributed by atoms with Gasteiger partial charge in [0.25, 0.3) is 5.91 Å². The number of anilines is 1. The average molecular weight is 371 g/mol. The summed E-state index contributed by atoms with van der Waals surface area (Å²) in [6, 6.07) is 11.5. The minimum atomic E-state index is -0.0806. The van der Waals surface area contributed by atoms with Crippen LogP contribution in [0.3, 0.4) is 0 Å². The molecule has 0 bridgehead atoms. The Balaban J connectivity index is 1.34. The van der Waals surface area contributed by atoms with Gasteiger partial charge in [0.1, 0.15) is 0 Å². The summed E-state index contributed by atoms with van der Waals surface area (Å²) in [7, 11) is 0. The second-order valence-corrected chi connectivity index (χ2v) is 7.54. The van der Waals surface area contributed by atoms with Gasteiger partial charge in [-0.05, 0) is 24.3 Å². The van der Waals surface area contributed by atoms with E-state index in [1.165, 1.54) is 11.2 Å². The number of furan rings is 1. The molecule has 1 aromatic carbocycles. The van der Waals surface area contributed by atoms with Gasteiger partial charge in [-0.2, -0.15) is 0 Å². The molecule has 2 amide bonds. The minimum absolute atomic E-state index is 0.0806. The predicted octanol–water partition coefficient (Wildman–Crippen LogP) is 2.18. The van der Waals surface area contributed by atoms with E-state index in [0.29, 0.717) is 38.5 Å². The zero-order chi connectivity index (χ0) is 17.9. The molecule has 1 aromatic heterocycles. The van der Waals surface area contributed by atoms with Gasteiger partial charge in [-0.1, -0.05) is 12.1 Å². The molecule has 0 aliphatic carbocycles. The number of nitrogens with zero attached hydrogens (tertiary/aromatic N) is 3. The van der Waals surface area contributed by atoms with E-state index in [2.05, 4.69) is 11.0 Å². The summed E-state index contributed by atoms with van der Waals surface area (Å²) in [5.41, 5.74) is 1.01. The molecule has 26 heavy (non-hydrogen) atoms. The molecule has 0 unspecified atom stereocenters. The van der Waals surface area contributed by atoms with Crippen LogP contribution in [0.2, 0.25) is 0 Å². The predicted molar refractivity (Wildman–Crippen MR) is 101 cm³/mol. The van der Waals surface area contributed by atoms with E-state index in [1.54, 1.807) is 28.8 Å². The fourth-order valence-electron chi connectivity index (χ4n) is 3.37. The number of carbonyl (C=O) groups excluding carboxylic acids is 2. The second-order valence-electron chi connectivity index (χ2n) is 6.41. The summed E-state index contributed by atoms with van der Waals surface area (Å²) in [6.07, 6.45) is 1.51. The van der Waals surface area contributed by atoms with Gasteiger partial charge >= 0.3 is 0 Å². The summed E-state index contributed by atoms with van der Waals surface area (Å²) < 4.78 is 5.18. The summed E-state index contributed by atoms with van der Waals surface area (Å²) in [4.78, 5) is 32.1. The van der Waals surface area contributed by atoms with Crippen LogP contribution in [0.15, 0.2) is 52.0 Å². The topological polar surface area (TPSA) is 57.0 Å². The van der Waals surface area contributed by atoms with E-state index in [-0.39, 0.29) is 11.8 Å². The smallest absolute Gasteiger partial charge is 0.289 e. The number of thioether (sulfide) groups is 1. The molecule has 136 valence electrons. The highest BCUT2D eigenvalue weighted by atomic mass is 32.2. The standard InChI is InChI=1S/C19H21N3O3S/c23-18(22-11-13-26-17-6-2-1-4-15(17)22)14-20-7-9-21(10-8-20)19(24)16-5-3-12-25-16/h1-6,12H,7-11,13-14H2. The first-order chi connectivity index (χ1) is 12.7. The SMILES string of the molecule is O=C(c1ccco1)N1CCN(CC(=O)N2CCSc3ccccc32)CC1. The number of piperazine rings is 1. The molecule has 6 nitrogen and oxygen atoms in total. The fraction of sp³-hybridized carbons (Fsp3) is 0.368. The van der Waals surface area contributed by atoms with Crippen LogP contribution in [0, 0.1) is 0 Å². The Hall–Kier alpha value is -2.25. The van der Waals surface area contributed by atoms with Crippen molar-refractivity contribution in [1.29, 1.82) is 0 Å². The second kappa shape index (κ2) is 7.55. The van der Waals surface area contributed by atoms with Crippen LogP contribution < -0.4 is 4.90 Å². The zero-order valence-corrected chi connectivity index (χ0v) is 15.3. The first kappa shape index (κ1) is 17.2. The third kappa shape index (κ3) is 3.50. The number of hydrogen-bond donors (Lipinski definition) is 0. The van der Waals surface area contributed by atoms with E-state index < -0.39 is 0 Å². The van der Waals surface area contributed by atoms with Crippen molar-refractivity contribution < 1.29 is 14.0 Å². The quantitative estimate of drug-likeness (QED) is 0.828. The van der Waals surface area contributed by atoms with Crippen molar-refractivity contribution in [2.24, 2.45) is 0 Å². The number of rotatable bonds is 3. The first-order valence-electron chi connectivity index (χ1n) is 8.80. The lowest BCUT2D eigenvalue weighted by Gasteiger charge is -2.36. The van der Waals surface area contributed by atoms with Crippen LogP contribution >= 0.6 is 11.8 Å². The normalized spacial score (nSPS) is 17.8. The number of fused-ring (bicyclic) bond motifs is 1. The third-order valence-corrected chi connectivity index (χ3v) is 5.82. The number of amides is 2. The highest BCUT2D eigenvalue weighted by molar-refractivity contribution is 7.99. The van der Waals surface area contributed by atoms with Gasteiger partial charge in [-0.15, -0.1) is 11.8 Å². The molecule has 4 rings (SSSR count). The summed E-state index contributed by atoms with van der Waals surface area (Å²) >= 11 is 1.80. The highest BCUT2D eigenvalue weighted by Crippen LogP contribution is 2.34. The molecule has 2 aliphatic heterocycles. The molecule has 2 aliphatic rings. The van der Waals surface area contributed by atoms with E-state index in [9.17, 15) is 9.59 Å². The van der Waals surface area contributed by atoms with Crippen molar-refractivity contribution in [3.8, 4) is 0 Å². The molecule has 1 saturated heterocycles. The van der Waals surface area contributed by atoms with Gasteiger partial charge in [0.2, 0.25) is 5.91 Å². The van der Waals surface area contributed by atoms with Crippen LogP contribution in [-0.2, 0) is 4.79 Å². The van der Waals surface area contributed by atoms with Crippen LogP contribution in [0.5, 0.6) is 0 Å². The molecule has 0 spiro atoms. The molecule has 3 heterocycles. The zero-order valence-electron chi connectivity index (χ0n) is 14.5. The van der Waals surface area contributed by atoms with Crippen LogP contribution in [0.25, 0.3) is 0 Å². The lowest BCUT2D eigenvalue weighted by molar-refractivity contribution is -0.120. The lowest BCUT2D eigenvalue weighted by atomic mass is 10.2. The number of carbonyl (C=O) groups is 2. The van der Waals surface area contributed by atoms with E-state index in [4.69, 9.17) is 4.42 Å². The molecule has 0 atom stereocenters. The first-order valence-corrected chi connectivity index (χ1v) is 9.78. The highest BCUT2D eigenvalue weighted by Gasteiger charge is 2.28. The number of benzene rings is 1. The van der Waals surface area contributed by atoms with Crippen molar-refractivity contribution in [2.75, 3.05) is 49.9 Å². The summed E-state index contributed by atoms with van der Waals surface area (Å²) in [5.74, 6) is 1.34. The van der Waals surface area contributed by atoms with Crippen molar-refractivity contribution in [2.45, 2.75) is 4.90 Å². The van der Waals surface area contributed by atoms with E-state index >= 15 is 0 Å². The lowest BCUT2D eigenvalue weighted by Crippen LogP contribution is -2.52. The monoisotopic (exact) mass is 371 g/mol. The maximum atomic E-state index is 12.8. The average Bonchev–Trinajstić information content (AvgIpc) is 3.22. The number of hydrogen-bond acceptors (Lipinski definition) is 5. The minimum Gasteiger partial charge on any atom is -0.459 e. The Morgan fingerprint density at radius 2 is 1.81 bits per heavy atom. The Kier molecular flexibility index (Phi) is 4.99. The van der Waals surface area contributed by atoms with Crippen molar-refractivity contribution in [3.05, 3.63) is 48.4 Å². The van der Waals surface area contributed by atoms with Gasteiger partial charge < -0.3 is 14.2 Å².